The molecule has 1 aromatic rings. The summed E-state index contributed by atoms with van der Waals surface area (Å²) in [7, 11) is -3.66. The van der Waals surface area contributed by atoms with Crippen molar-refractivity contribution in [2.75, 3.05) is 19.8 Å². The predicted octanol–water partition coefficient (Wildman–Crippen LogP) is 8.15. The molecule has 1 aromatic carbocycles. The van der Waals surface area contributed by atoms with E-state index >= 15 is 0 Å². The second-order valence-electron chi connectivity index (χ2n) is 10.7. The zero-order valence-corrected chi connectivity index (χ0v) is 25.7. The number of amides is 1. The normalized spacial score (nSPS) is 15.9. The van der Waals surface area contributed by atoms with Crippen LogP contribution in [0.25, 0.3) is 0 Å². The van der Waals surface area contributed by atoms with E-state index in [4.69, 9.17) is 18.3 Å². The van der Waals surface area contributed by atoms with Crippen molar-refractivity contribution in [3.63, 3.8) is 0 Å². The molecule has 1 aliphatic heterocycles. The predicted molar refractivity (Wildman–Crippen MR) is 158 cm³/mol. The summed E-state index contributed by atoms with van der Waals surface area (Å²) in [6.07, 6.45) is 17.1. The number of nitrogens with one attached hydrogen (secondary N) is 1. The Morgan fingerprint density at radius 2 is 1.38 bits per heavy atom. The van der Waals surface area contributed by atoms with Crippen molar-refractivity contribution in [3.8, 4) is 0 Å². The van der Waals surface area contributed by atoms with Crippen molar-refractivity contribution >= 4 is 19.7 Å². The molecule has 8 nitrogen and oxygen atoms in total. The van der Waals surface area contributed by atoms with Gasteiger partial charge in [-0.3, -0.25) is 18.4 Å². The Morgan fingerprint density at radius 3 is 1.93 bits per heavy atom. The van der Waals surface area contributed by atoms with E-state index in [1.54, 1.807) is 24.3 Å². The van der Waals surface area contributed by atoms with Gasteiger partial charge in [-0.2, -0.15) is 0 Å². The molecule has 228 valence electrons. The first-order valence-electron chi connectivity index (χ1n) is 15.6. The Kier molecular flexibility index (Phi) is 18.1. The number of phosphoric ester groups is 1. The molecule has 1 N–H and O–H groups in total. The van der Waals surface area contributed by atoms with Gasteiger partial charge in [0.25, 0.3) is 0 Å². The van der Waals surface area contributed by atoms with Gasteiger partial charge < -0.3 is 10.1 Å². The monoisotopic (exact) mass is 581 g/mol. The second-order valence-corrected chi connectivity index (χ2v) is 12.3. The summed E-state index contributed by atoms with van der Waals surface area (Å²) in [6, 6.07) is 8.05. The minimum Gasteiger partial charge on any atom is -0.456 e. The molecule has 40 heavy (non-hydrogen) atoms. The standard InChI is InChI=1S/C31H52NO7P/c1-3-5-6-7-8-9-10-11-12-13-14-15-19-23-30(33)32-28(26-38-40(35)36-24-25-37-40)29(20-4-2)39-31(34)27-21-17-16-18-22-27/h16-18,21-22,28-29H,3-15,19-20,23-26H2,1-2H3,(H,32,33)/t28-,29+/m0/s1. The number of hydrogen-bond acceptors (Lipinski definition) is 7. The SMILES string of the molecule is CCCCCCCCCCCCCCCC(=O)N[C@@H](COP1(=O)OCCO1)[C@@H](CCC)OC(=O)c1ccccc1. The summed E-state index contributed by atoms with van der Waals surface area (Å²) in [5, 5.41) is 2.97. The molecule has 0 saturated carbocycles. The molecule has 1 saturated heterocycles. The molecule has 0 aliphatic carbocycles. The van der Waals surface area contributed by atoms with Crippen LogP contribution in [0.1, 0.15) is 127 Å². The van der Waals surface area contributed by atoms with Crippen LogP contribution in [0.2, 0.25) is 0 Å². The van der Waals surface area contributed by atoms with Crippen LogP contribution in [0.5, 0.6) is 0 Å². The molecular weight excluding hydrogens is 529 g/mol. The third-order valence-electron chi connectivity index (χ3n) is 7.14. The van der Waals surface area contributed by atoms with Gasteiger partial charge in [0.05, 0.1) is 31.4 Å². The highest BCUT2D eigenvalue weighted by Crippen LogP contribution is 2.52. The van der Waals surface area contributed by atoms with Crippen LogP contribution in [0.3, 0.4) is 0 Å². The highest BCUT2D eigenvalue weighted by Gasteiger charge is 2.35. The van der Waals surface area contributed by atoms with Gasteiger partial charge in [0.2, 0.25) is 5.91 Å². The van der Waals surface area contributed by atoms with Gasteiger partial charge in [-0.1, -0.05) is 116 Å². The summed E-state index contributed by atoms with van der Waals surface area (Å²) >= 11 is 0. The highest BCUT2D eigenvalue weighted by atomic mass is 31.2. The summed E-state index contributed by atoms with van der Waals surface area (Å²) in [5.41, 5.74) is 0.428. The first-order chi connectivity index (χ1) is 19.5. The van der Waals surface area contributed by atoms with Gasteiger partial charge in [0, 0.05) is 6.42 Å². The van der Waals surface area contributed by atoms with Crippen LogP contribution < -0.4 is 5.32 Å². The first-order valence-corrected chi connectivity index (χ1v) is 17.0. The molecule has 1 amide bonds. The van der Waals surface area contributed by atoms with E-state index in [2.05, 4.69) is 12.2 Å². The minimum atomic E-state index is -3.66. The molecule has 2 rings (SSSR count). The summed E-state index contributed by atoms with van der Waals surface area (Å²) < 4.78 is 34.1. The summed E-state index contributed by atoms with van der Waals surface area (Å²) in [6.45, 7) is 4.46. The fraction of sp³-hybridized carbons (Fsp3) is 0.742. The van der Waals surface area contributed by atoms with Crippen LogP contribution >= 0.6 is 7.82 Å². The lowest BCUT2D eigenvalue weighted by Crippen LogP contribution is -2.48. The van der Waals surface area contributed by atoms with E-state index in [-0.39, 0.29) is 25.7 Å². The van der Waals surface area contributed by atoms with Gasteiger partial charge in [-0.05, 0) is 25.0 Å². The molecule has 0 unspecified atom stereocenters. The Bertz CT molecular complexity index is 856. The Labute approximate surface area is 241 Å². The lowest BCUT2D eigenvalue weighted by Gasteiger charge is -2.28. The van der Waals surface area contributed by atoms with E-state index in [0.29, 0.717) is 18.4 Å². The number of carbonyl (C=O) groups is 2. The van der Waals surface area contributed by atoms with Crippen LogP contribution in [-0.4, -0.2) is 43.8 Å². The molecule has 0 bridgehead atoms. The van der Waals surface area contributed by atoms with Crippen molar-refractivity contribution in [2.24, 2.45) is 0 Å². The maximum Gasteiger partial charge on any atom is 0.475 e. The average Bonchev–Trinajstić information content (AvgIpc) is 3.40. The molecule has 0 aromatic heterocycles. The van der Waals surface area contributed by atoms with Crippen molar-refractivity contribution in [1.82, 2.24) is 5.32 Å². The number of esters is 1. The van der Waals surface area contributed by atoms with E-state index < -0.39 is 25.9 Å². The Balaban J connectivity index is 1.76. The lowest BCUT2D eigenvalue weighted by molar-refractivity contribution is -0.123. The molecule has 9 heteroatoms. The van der Waals surface area contributed by atoms with Crippen LogP contribution in [0.15, 0.2) is 30.3 Å². The number of unbranched alkanes of at least 4 members (excludes halogenated alkanes) is 12. The third kappa shape index (κ3) is 14.8. The van der Waals surface area contributed by atoms with Crippen molar-refractivity contribution in [3.05, 3.63) is 35.9 Å². The number of ether oxygens (including phenoxy) is 1. The number of rotatable bonds is 23. The van der Waals surface area contributed by atoms with E-state index in [9.17, 15) is 14.2 Å². The molecule has 1 aliphatic rings. The summed E-state index contributed by atoms with van der Waals surface area (Å²) in [4.78, 5) is 25.6. The summed E-state index contributed by atoms with van der Waals surface area (Å²) in [5.74, 6) is -0.616. The molecule has 1 heterocycles. The lowest BCUT2D eigenvalue weighted by atomic mass is 10.0. The largest absolute Gasteiger partial charge is 0.475 e. The van der Waals surface area contributed by atoms with Crippen LogP contribution in [0.4, 0.5) is 0 Å². The molecule has 2 atom stereocenters. The Morgan fingerprint density at radius 1 is 0.825 bits per heavy atom. The number of benzene rings is 1. The van der Waals surface area contributed by atoms with E-state index in [0.717, 1.165) is 25.7 Å². The van der Waals surface area contributed by atoms with Gasteiger partial charge in [-0.25, -0.2) is 9.36 Å². The van der Waals surface area contributed by atoms with Gasteiger partial charge >= 0.3 is 13.8 Å². The number of phosphoric acid groups is 1. The van der Waals surface area contributed by atoms with E-state index in [1.165, 1.54) is 64.2 Å². The quantitative estimate of drug-likeness (QED) is 0.0791. The van der Waals surface area contributed by atoms with Crippen molar-refractivity contribution in [2.45, 2.75) is 129 Å². The number of hydrogen-bond donors (Lipinski definition) is 1. The molecule has 0 spiro atoms. The highest BCUT2D eigenvalue weighted by molar-refractivity contribution is 7.48. The maximum atomic E-state index is 12.9. The maximum absolute atomic E-state index is 12.9. The first kappa shape index (κ1) is 34.5. The van der Waals surface area contributed by atoms with Gasteiger partial charge in [0.1, 0.15) is 6.10 Å². The van der Waals surface area contributed by atoms with Crippen molar-refractivity contribution < 1.29 is 32.5 Å². The molecular formula is C31H52NO7P. The Hall–Kier alpha value is -1.73. The van der Waals surface area contributed by atoms with E-state index in [1.807, 2.05) is 13.0 Å². The third-order valence-corrected chi connectivity index (χ3v) is 8.60. The molecule has 0 radical (unpaired) electrons. The van der Waals surface area contributed by atoms with Gasteiger partial charge in [-0.15, -0.1) is 0 Å². The topological polar surface area (TPSA) is 100 Å². The van der Waals surface area contributed by atoms with Crippen LogP contribution in [0, 0.1) is 0 Å². The second kappa shape index (κ2) is 21.0. The smallest absolute Gasteiger partial charge is 0.456 e. The zero-order chi connectivity index (χ0) is 28.9. The van der Waals surface area contributed by atoms with Crippen LogP contribution in [-0.2, 0) is 27.7 Å². The fourth-order valence-corrected chi connectivity index (χ4v) is 5.98. The number of carbonyl (C=O) groups excluding carboxylic acids is 2. The zero-order valence-electron chi connectivity index (χ0n) is 24.8. The minimum absolute atomic E-state index is 0.139. The van der Waals surface area contributed by atoms with Gasteiger partial charge in [0.15, 0.2) is 0 Å². The van der Waals surface area contributed by atoms with Crippen molar-refractivity contribution in [1.29, 1.82) is 0 Å². The molecule has 1 fully saturated rings. The average molecular weight is 582 g/mol. The fourth-order valence-electron chi connectivity index (χ4n) is 4.81.